The Morgan fingerprint density at radius 2 is 1.91 bits per heavy atom. The molecule has 0 aromatic heterocycles. The van der Waals surface area contributed by atoms with Gasteiger partial charge in [0.1, 0.15) is 5.75 Å². The van der Waals surface area contributed by atoms with E-state index in [1.54, 1.807) is 12.3 Å². The molecular formula is C28H24BrNO3. The maximum absolute atomic E-state index is 13.5. The number of phenolic OH excluding ortho intramolecular Hbond substituents is 1. The summed E-state index contributed by atoms with van der Waals surface area (Å²) in [6.45, 7) is 6.80. The number of Topliss-reactive ketones (excluding diaryl/α,β-unsaturated/α-hetero) is 1. The molecule has 2 aromatic carbocycles. The third-order valence-electron chi connectivity index (χ3n) is 7.66. The molecule has 0 bridgehead atoms. The van der Waals surface area contributed by atoms with Crippen molar-refractivity contribution in [2.24, 2.45) is 10.4 Å². The van der Waals surface area contributed by atoms with E-state index >= 15 is 0 Å². The Labute approximate surface area is 201 Å². The summed E-state index contributed by atoms with van der Waals surface area (Å²) in [5.74, 6) is -0.441. The van der Waals surface area contributed by atoms with E-state index in [1.807, 2.05) is 31.2 Å². The summed E-state index contributed by atoms with van der Waals surface area (Å²) in [5.41, 5.74) is 8.94. The summed E-state index contributed by atoms with van der Waals surface area (Å²) in [4.78, 5) is 18.0. The van der Waals surface area contributed by atoms with E-state index < -0.39 is 12.0 Å². The van der Waals surface area contributed by atoms with Gasteiger partial charge in [0.15, 0.2) is 5.78 Å². The predicted octanol–water partition coefficient (Wildman–Crippen LogP) is 5.71. The number of aromatic hydroxyl groups is 1. The highest BCUT2D eigenvalue weighted by Gasteiger charge is 2.48. The maximum atomic E-state index is 13.5. The van der Waals surface area contributed by atoms with Crippen molar-refractivity contribution in [2.45, 2.75) is 45.8 Å². The normalized spacial score (nSPS) is 24.5. The molecule has 2 N–H and O–H groups in total. The second-order valence-electron chi connectivity index (χ2n) is 10.1. The van der Waals surface area contributed by atoms with Crippen molar-refractivity contribution in [3.05, 3.63) is 84.9 Å². The van der Waals surface area contributed by atoms with E-state index in [-0.39, 0.29) is 16.9 Å². The average molecular weight is 502 g/mol. The summed E-state index contributed by atoms with van der Waals surface area (Å²) >= 11 is 3.46. The van der Waals surface area contributed by atoms with Crippen molar-refractivity contribution in [2.75, 3.05) is 0 Å². The number of hydrogen-bond acceptors (Lipinski definition) is 4. The number of ketones is 1. The van der Waals surface area contributed by atoms with Crippen molar-refractivity contribution in [1.82, 2.24) is 0 Å². The molecule has 2 atom stereocenters. The number of allylic oxidation sites excluding steroid dienone is 3. The van der Waals surface area contributed by atoms with E-state index in [4.69, 9.17) is 0 Å². The second-order valence-corrected chi connectivity index (χ2v) is 11.0. The Morgan fingerprint density at radius 3 is 2.64 bits per heavy atom. The van der Waals surface area contributed by atoms with Crippen LogP contribution in [-0.4, -0.2) is 28.3 Å². The lowest BCUT2D eigenvalue weighted by Crippen LogP contribution is -2.38. The lowest BCUT2D eigenvalue weighted by molar-refractivity contribution is -0.119. The zero-order valence-corrected chi connectivity index (χ0v) is 20.3. The molecule has 4 nitrogen and oxygen atoms in total. The van der Waals surface area contributed by atoms with Crippen LogP contribution in [0.25, 0.3) is 11.6 Å². The Bertz CT molecular complexity index is 1390. The van der Waals surface area contributed by atoms with Crippen LogP contribution in [0.1, 0.15) is 60.9 Å². The first-order chi connectivity index (χ1) is 15.7. The van der Waals surface area contributed by atoms with Crippen LogP contribution in [0.2, 0.25) is 0 Å². The van der Waals surface area contributed by atoms with E-state index in [0.29, 0.717) is 13.0 Å². The minimum atomic E-state index is -0.960. The molecule has 166 valence electrons. The molecule has 5 heteroatoms. The van der Waals surface area contributed by atoms with E-state index in [2.05, 4.69) is 40.8 Å². The van der Waals surface area contributed by atoms with Gasteiger partial charge in [-0.25, -0.2) is 0 Å². The van der Waals surface area contributed by atoms with Gasteiger partial charge >= 0.3 is 0 Å². The summed E-state index contributed by atoms with van der Waals surface area (Å²) in [7, 11) is 0. The van der Waals surface area contributed by atoms with Gasteiger partial charge in [0, 0.05) is 21.8 Å². The van der Waals surface area contributed by atoms with Gasteiger partial charge in [-0.1, -0.05) is 41.9 Å². The molecule has 6 rings (SSSR count). The van der Waals surface area contributed by atoms with Crippen molar-refractivity contribution in [3.63, 3.8) is 0 Å². The standard InChI is InChI=1S/C28H24BrNO3/c1-13-18-10-28(2,3)20-9-17-21(31)8-15-11-30-12-19(15)23(17)25(20)24(18)27(33)22(26(13)32)14-4-6-16(29)7-5-14/h4-9,11,22,27,31,33H,10,12H2,1-3H3. The van der Waals surface area contributed by atoms with Crippen LogP contribution in [0.4, 0.5) is 0 Å². The fourth-order valence-electron chi connectivity index (χ4n) is 6.00. The lowest BCUT2D eigenvalue weighted by Gasteiger charge is -2.43. The smallest absolute Gasteiger partial charge is 0.169 e. The van der Waals surface area contributed by atoms with Gasteiger partial charge in [0.05, 0.1) is 18.6 Å². The van der Waals surface area contributed by atoms with Crippen molar-refractivity contribution in [3.8, 4) is 5.75 Å². The van der Waals surface area contributed by atoms with Gasteiger partial charge in [0.25, 0.3) is 0 Å². The SMILES string of the molecule is CC1=C2CC(C)(C)C3=Cc4c(O)cc5c(c4C3=C2C(O)C(c2ccc(Br)cc2)C1=O)CN=C5. The highest BCUT2D eigenvalue weighted by Crippen LogP contribution is 2.60. The van der Waals surface area contributed by atoms with Crippen molar-refractivity contribution in [1.29, 1.82) is 0 Å². The molecule has 0 saturated carbocycles. The Balaban J connectivity index is 1.67. The number of halogens is 1. The first kappa shape index (κ1) is 20.8. The number of carbonyl (C=O) groups is 1. The number of aliphatic imine (C=N–C) groups is 1. The predicted molar refractivity (Wildman–Crippen MR) is 133 cm³/mol. The zero-order valence-electron chi connectivity index (χ0n) is 18.7. The number of hydrogen-bond donors (Lipinski definition) is 2. The number of aliphatic hydroxyl groups excluding tert-OH is 1. The van der Waals surface area contributed by atoms with Crippen LogP contribution in [0.15, 0.2) is 62.1 Å². The molecule has 4 aliphatic rings. The second kappa shape index (κ2) is 6.87. The van der Waals surface area contributed by atoms with Crippen LogP contribution in [0.3, 0.4) is 0 Å². The van der Waals surface area contributed by atoms with Gasteiger partial charge in [-0.15, -0.1) is 0 Å². The number of benzene rings is 2. The number of phenols is 1. The van der Waals surface area contributed by atoms with Gasteiger partial charge in [-0.3, -0.25) is 9.79 Å². The fourth-order valence-corrected chi connectivity index (χ4v) is 6.27. The molecule has 2 aromatic rings. The molecule has 0 radical (unpaired) electrons. The quantitative estimate of drug-likeness (QED) is 0.525. The van der Waals surface area contributed by atoms with E-state index in [1.165, 1.54) is 0 Å². The molecule has 2 unspecified atom stereocenters. The van der Waals surface area contributed by atoms with Gasteiger partial charge < -0.3 is 10.2 Å². The Kier molecular flexibility index (Phi) is 4.34. The molecule has 0 spiro atoms. The van der Waals surface area contributed by atoms with Crippen molar-refractivity contribution >= 4 is 39.6 Å². The highest BCUT2D eigenvalue weighted by molar-refractivity contribution is 9.10. The first-order valence-electron chi connectivity index (χ1n) is 11.2. The Hall–Kier alpha value is -2.76. The van der Waals surface area contributed by atoms with E-state index in [0.717, 1.165) is 60.2 Å². The fraction of sp³-hybridized carbons (Fsp3) is 0.286. The van der Waals surface area contributed by atoms with E-state index in [9.17, 15) is 15.0 Å². The molecule has 1 heterocycles. The third kappa shape index (κ3) is 2.79. The molecular weight excluding hydrogens is 478 g/mol. The molecule has 33 heavy (non-hydrogen) atoms. The number of carbonyl (C=O) groups excluding carboxylic acids is 1. The number of aliphatic hydroxyl groups is 1. The molecule has 0 amide bonds. The summed E-state index contributed by atoms with van der Waals surface area (Å²) in [6.07, 6.45) is 3.60. The minimum absolute atomic E-state index is 0.0184. The largest absolute Gasteiger partial charge is 0.507 e. The molecule has 0 saturated heterocycles. The van der Waals surface area contributed by atoms with Crippen LogP contribution < -0.4 is 0 Å². The van der Waals surface area contributed by atoms with Gasteiger partial charge in [-0.2, -0.15) is 0 Å². The van der Waals surface area contributed by atoms with Gasteiger partial charge in [-0.05, 0) is 87.6 Å². The molecule has 1 aliphatic heterocycles. The van der Waals surface area contributed by atoms with Crippen molar-refractivity contribution < 1.29 is 15.0 Å². The summed E-state index contributed by atoms with van der Waals surface area (Å²) < 4.78 is 0.930. The zero-order chi connectivity index (χ0) is 23.2. The summed E-state index contributed by atoms with van der Waals surface area (Å²) in [6, 6.07) is 9.41. The van der Waals surface area contributed by atoms with Crippen LogP contribution in [-0.2, 0) is 11.3 Å². The Morgan fingerprint density at radius 1 is 1.18 bits per heavy atom. The summed E-state index contributed by atoms with van der Waals surface area (Å²) in [5, 5.41) is 22.7. The number of nitrogens with zero attached hydrogens (tertiary/aromatic N) is 1. The first-order valence-corrected chi connectivity index (χ1v) is 12.0. The average Bonchev–Trinajstić information content (AvgIpc) is 3.39. The van der Waals surface area contributed by atoms with Crippen LogP contribution in [0.5, 0.6) is 5.75 Å². The van der Waals surface area contributed by atoms with Crippen LogP contribution in [0, 0.1) is 5.41 Å². The number of rotatable bonds is 1. The third-order valence-corrected chi connectivity index (χ3v) is 8.19. The molecule has 3 aliphatic carbocycles. The molecule has 0 fully saturated rings. The lowest BCUT2D eigenvalue weighted by atomic mass is 9.61. The van der Waals surface area contributed by atoms with Gasteiger partial charge in [0.2, 0.25) is 0 Å². The minimum Gasteiger partial charge on any atom is -0.507 e. The number of fused-ring (bicyclic) bond motifs is 6. The van der Waals surface area contributed by atoms with Crippen LogP contribution >= 0.6 is 15.9 Å². The topological polar surface area (TPSA) is 69.9 Å². The maximum Gasteiger partial charge on any atom is 0.169 e. The highest BCUT2D eigenvalue weighted by atomic mass is 79.9. The monoisotopic (exact) mass is 501 g/mol.